The first-order valence-electron chi connectivity index (χ1n) is 6.29. The van der Waals surface area contributed by atoms with Gasteiger partial charge in [-0.25, -0.2) is 13.1 Å². The van der Waals surface area contributed by atoms with E-state index in [1.165, 1.54) is 17.0 Å². The van der Waals surface area contributed by atoms with Crippen LogP contribution in [0.25, 0.3) is 0 Å². The van der Waals surface area contributed by atoms with Crippen molar-refractivity contribution in [1.82, 2.24) is 9.62 Å². The molecule has 1 amide bonds. The van der Waals surface area contributed by atoms with Crippen LogP contribution in [0.3, 0.4) is 0 Å². The Morgan fingerprint density at radius 3 is 2.40 bits per heavy atom. The number of carbonyl (C=O) groups excluding carboxylic acids is 1. The van der Waals surface area contributed by atoms with Gasteiger partial charge in [-0.3, -0.25) is 4.79 Å². The van der Waals surface area contributed by atoms with Crippen LogP contribution >= 0.6 is 11.6 Å². The highest BCUT2D eigenvalue weighted by atomic mass is 35.5. The summed E-state index contributed by atoms with van der Waals surface area (Å²) in [6, 6.07) is 6.46. The maximum Gasteiger partial charge on any atom is 0.241 e. The van der Waals surface area contributed by atoms with E-state index in [-0.39, 0.29) is 17.3 Å². The van der Waals surface area contributed by atoms with Crippen molar-refractivity contribution in [3.8, 4) is 0 Å². The zero-order valence-electron chi connectivity index (χ0n) is 11.6. The van der Waals surface area contributed by atoms with Crippen LogP contribution in [-0.4, -0.2) is 45.2 Å². The molecule has 1 aromatic rings. The smallest absolute Gasteiger partial charge is 0.241 e. The highest BCUT2D eigenvalue weighted by Crippen LogP contribution is 2.11. The molecular formula is C13H19ClN2O3S. The minimum Gasteiger partial charge on any atom is -0.345 e. The van der Waals surface area contributed by atoms with Crippen molar-refractivity contribution in [2.45, 2.75) is 18.2 Å². The van der Waals surface area contributed by atoms with Crippen LogP contribution in [0.1, 0.15) is 12.5 Å². The van der Waals surface area contributed by atoms with Gasteiger partial charge in [-0.1, -0.05) is 12.1 Å². The molecule has 112 valence electrons. The summed E-state index contributed by atoms with van der Waals surface area (Å²) in [4.78, 5) is 13.2. The molecule has 0 aliphatic heterocycles. The van der Waals surface area contributed by atoms with Gasteiger partial charge >= 0.3 is 0 Å². The summed E-state index contributed by atoms with van der Waals surface area (Å²) in [5.41, 5.74) is 0.973. The summed E-state index contributed by atoms with van der Waals surface area (Å²) in [5, 5.41) is 0. The topological polar surface area (TPSA) is 66.5 Å². The third-order valence-corrected chi connectivity index (χ3v) is 4.54. The van der Waals surface area contributed by atoms with Crippen LogP contribution in [0, 0.1) is 0 Å². The Bertz CT molecular complexity index is 543. The van der Waals surface area contributed by atoms with Gasteiger partial charge in [0.25, 0.3) is 0 Å². The highest BCUT2D eigenvalue weighted by Gasteiger charge is 2.16. The number of halogens is 1. The SMILES string of the molecule is CCN(C)C(=O)CNS(=O)(=O)c1ccc(CCCl)cc1. The van der Waals surface area contributed by atoms with Crippen molar-refractivity contribution >= 4 is 27.5 Å². The number of nitrogens with zero attached hydrogens (tertiary/aromatic N) is 1. The molecule has 0 atom stereocenters. The Kier molecular flexibility index (Phi) is 6.45. The first-order chi connectivity index (χ1) is 9.40. The van der Waals surface area contributed by atoms with E-state index in [4.69, 9.17) is 11.6 Å². The average Bonchev–Trinajstić information content (AvgIpc) is 2.45. The number of alkyl halides is 1. The first kappa shape index (κ1) is 16.9. The van der Waals surface area contributed by atoms with Gasteiger partial charge < -0.3 is 4.90 Å². The molecule has 0 aromatic heterocycles. The van der Waals surface area contributed by atoms with Gasteiger partial charge in [0.15, 0.2) is 0 Å². The molecule has 1 aromatic carbocycles. The van der Waals surface area contributed by atoms with Gasteiger partial charge in [0.05, 0.1) is 11.4 Å². The van der Waals surface area contributed by atoms with E-state index < -0.39 is 10.0 Å². The summed E-state index contributed by atoms with van der Waals surface area (Å²) < 4.78 is 26.3. The number of benzene rings is 1. The molecule has 0 aliphatic carbocycles. The summed E-state index contributed by atoms with van der Waals surface area (Å²) in [5.74, 6) is 0.220. The first-order valence-corrected chi connectivity index (χ1v) is 8.31. The van der Waals surface area contributed by atoms with Crippen molar-refractivity contribution in [2.24, 2.45) is 0 Å². The van der Waals surface area contributed by atoms with Crippen molar-refractivity contribution in [1.29, 1.82) is 0 Å². The summed E-state index contributed by atoms with van der Waals surface area (Å²) in [6.45, 7) is 2.12. The molecule has 0 saturated heterocycles. The Balaban J connectivity index is 2.71. The second kappa shape index (κ2) is 7.61. The molecule has 0 aliphatic rings. The minimum absolute atomic E-state index is 0.141. The molecule has 20 heavy (non-hydrogen) atoms. The largest absolute Gasteiger partial charge is 0.345 e. The second-order valence-corrected chi connectivity index (χ2v) is 6.46. The number of hydrogen-bond acceptors (Lipinski definition) is 3. The minimum atomic E-state index is -3.66. The lowest BCUT2D eigenvalue weighted by molar-refractivity contribution is -0.128. The number of nitrogens with one attached hydrogen (secondary N) is 1. The van der Waals surface area contributed by atoms with Crippen molar-refractivity contribution in [3.05, 3.63) is 29.8 Å². The Morgan fingerprint density at radius 1 is 1.30 bits per heavy atom. The summed E-state index contributed by atoms with van der Waals surface area (Å²) >= 11 is 5.62. The van der Waals surface area contributed by atoms with Gasteiger partial charge in [-0.05, 0) is 31.0 Å². The third kappa shape index (κ3) is 4.77. The number of carbonyl (C=O) groups is 1. The molecule has 0 heterocycles. The van der Waals surface area contributed by atoms with Gasteiger partial charge in [0.2, 0.25) is 15.9 Å². The van der Waals surface area contributed by atoms with Crippen molar-refractivity contribution < 1.29 is 13.2 Å². The Labute approximate surface area is 125 Å². The van der Waals surface area contributed by atoms with Crippen LogP contribution in [0.5, 0.6) is 0 Å². The lowest BCUT2D eigenvalue weighted by Gasteiger charge is -2.14. The maximum atomic E-state index is 12.0. The van der Waals surface area contributed by atoms with Gasteiger partial charge in [-0.2, -0.15) is 0 Å². The summed E-state index contributed by atoms with van der Waals surface area (Å²) in [6.07, 6.45) is 0.690. The fraction of sp³-hybridized carbons (Fsp3) is 0.462. The van der Waals surface area contributed by atoms with Gasteiger partial charge in [0, 0.05) is 19.5 Å². The van der Waals surface area contributed by atoms with E-state index in [9.17, 15) is 13.2 Å². The van der Waals surface area contributed by atoms with Crippen LogP contribution in [0.15, 0.2) is 29.2 Å². The Morgan fingerprint density at radius 2 is 1.90 bits per heavy atom. The predicted molar refractivity (Wildman–Crippen MR) is 79.4 cm³/mol. The van der Waals surface area contributed by atoms with Gasteiger partial charge in [-0.15, -0.1) is 11.6 Å². The normalized spacial score (nSPS) is 11.3. The van der Waals surface area contributed by atoms with E-state index in [1.807, 2.05) is 6.92 Å². The average molecular weight is 319 g/mol. The molecule has 0 bridgehead atoms. The molecule has 0 unspecified atom stereocenters. The molecule has 7 heteroatoms. The molecule has 1 rings (SSSR count). The highest BCUT2D eigenvalue weighted by molar-refractivity contribution is 7.89. The van der Waals surface area contributed by atoms with Crippen LogP contribution in [-0.2, 0) is 21.2 Å². The van der Waals surface area contributed by atoms with Crippen LogP contribution in [0.4, 0.5) is 0 Å². The van der Waals surface area contributed by atoms with E-state index in [2.05, 4.69) is 4.72 Å². The predicted octanol–water partition coefficient (Wildman–Crippen LogP) is 1.22. The zero-order chi connectivity index (χ0) is 15.2. The molecule has 0 fully saturated rings. The fourth-order valence-corrected chi connectivity index (χ4v) is 2.69. The van der Waals surface area contributed by atoms with E-state index in [1.54, 1.807) is 19.2 Å². The lowest BCUT2D eigenvalue weighted by Crippen LogP contribution is -2.37. The monoisotopic (exact) mass is 318 g/mol. The summed E-state index contributed by atoms with van der Waals surface area (Å²) in [7, 11) is -2.04. The number of sulfonamides is 1. The second-order valence-electron chi connectivity index (χ2n) is 4.32. The number of aryl methyl sites for hydroxylation is 1. The van der Waals surface area contributed by atoms with E-state index in [0.29, 0.717) is 18.8 Å². The third-order valence-electron chi connectivity index (χ3n) is 2.93. The molecule has 0 spiro atoms. The lowest BCUT2D eigenvalue weighted by atomic mass is 10.2. The molecular weight excluding hydrogens is 300 g/mol. The molecule has 1 N–H and O–H groups in total. The van der Waals surface area contributed by atoms with Crippen LogP contribution < -0.4 is 4.72 Å². The van der Waals surface area contributed by atoms with E-state index in [0.717, 1.165) is 5.56 Å². The molecule has 0 saturated carbocycles. The van der Waals surface area contributed by atoms with Crippen molar-refractivity contribution in [3.63, 3.8) is 0 Å². The maximum absolute atomic E-state index is 12.0. The standard InChI is InChI=1S/C13H19ClN2O3S/c1-3-16(2)13(17)10-15-20(18,19)12-6-4-11(5-7-12)8-9-14/h4-7,15H,3,8-10H2,1-2H3. The van der Waals surface area contributed by atoms with Crippen LogP contribution in [0.2, 0.25) is 0 Å². The number of rotatable bonds is 7. The fourth-order valence-electron chi connectivity index (χ4n) is 1.50. The zero-order valence-corrected chi connectivity index (χ0v) is 13.2. The number of hydrogen-bond donors (Lipinski definition) is 1. The Hall–Kier alpha value is -1.11. The molecule has 0 radical (unpaired) electrons. The number of amides is 1. The number of likely N-dealkylation sites (N-methyl/N-ethyl adjacent to an activating group) is 1. The van der Waals surface area contributed by atoms with Crippen molar-refractivity contribution in [2.75, 3.05) is 26.0 Å². The molecule has 5 nitrogen and oxygen atoms in total. The van der Waals surface area contributed by atoms with Gasteiger partial charge in [0.1, 0.15) is 0 Å². The quantitative estimate of drug-likeness (QED) is 0.769. The van der Waals surface area contributed by atoms with E-state index >= 15 is 0 Å².